The number of carboxylic acid groups (broad SMARTS) is 1. The second-order valence-corrected chi connectivity index (χ2v) is 7.93. The van der Waals surface area contributed by atoms with Gasteiger partial charge in [0, 0.05) is 12.4 Å². The first kappa shape index (κ1) is 26.7. The van der Waals surface area contributed by atoms with Crippen molar-refractivity contribution < 1.29 is 66.4 Å². The summed E-state index contributed by atoms with van der Waals surface area (Å²) in [5.41, 5.74) is 4.03. The molecule has 2 heterocycles. The van der Waals surface area contributed by atoms with Gasteiger partial charge in [-0.05, 0) is 28.7 Å². The van der Waals surface area contributed by atoms with Gasteiger partial charge >= 0.3 is 57.4 Å². The van der Waals surface area contributed by atoms with Crippen LogP contribution in [0.4, 0.5) is 0 Å². The molecule has 9 nitrogen and oxygen atoms in total. The van der Waals surface area contributed by atoms with Gasteiger partial charge in [0.2, 0.25) is 0 Å². The monoisotopic (exact) mass is 504 g/mol. The van der Waals surface area contributed by atoms with Gasteiger partial charge in [0.05, 0.1) is 12.3 Å². The number of tetrazole rings is 1. The average Bonchev–Trinajstić information content (AvgIpc) is 3.46. The van der Waals surface area contributed by atoms with Gasteiger partial charge in [-0.25, -0.2) is 4.98 Å². The summed E-state index contributed by atoms with van der Waals surface area (Å²) in [5, 5.41) is 34.7. The number of carbonyl (C=O) groups is 1. The van der Waals surface area contributed by atoms with Crippen molar-refractivity contribution in [2.75, 3.05) is 0 Å². The molecule has 4 rings (SSSR count). The van der Waals surface area contributed by atoms with Gasteiger partial charge in [-0.3, -0.25) is 15.1 Å². The molecule has 34 heavy (non-hydrogen) atoms. The molecule has 4 aromatic rings. The molecule has 0 aliphatic carbocycles. The smallest absolute Gasteiger partial charge is 0.481 e. The Hall–Kier alpha value is -1.92. The number of aromatic nitrogens is 6. The maximum Gasteiger partial charge on any atom is 1.00 e. The number of aliphatic hydroxyl groups is 1. The van der Waals surface area contributed by atoms with E-state index in [1.165, 1.54) is 0 Å². The number of benzene rings is 2. The molecule has 1 unspecified atom stereocenters. The molecule has 2 aromatic heterocycles. The summed E-state index contributed by atoms with van der Waals surface area (Å²) in [6.07, 6.45) is 1.11. The van der Waals surface area contributed by atoms with Crippen LogP contribution in [-0.4, -0.2) is 41.3 Å². The van der Waals surface area contributed by atoms with Gasteiger partial charge in [-0.2, -0.15) is 5.21 Å². The Morgan fingerprint density at radius 2 is 1.85 bits per heavy atom. The van der Waals surface area contributed by atoms with E-state index < -0.39 is 11.9 Å². The maximum atomic E-state index is 11.9. The van der Waals surface area contributed by atoms with E-state index in [9.17, 15) is 15.0 Å². The zero-order chi connectivity index (χ0) is 23.4. The summed E-state index contributed by atoms with van der Waals surface area (Å²) < 4.78 is 1.70. The third-order valence-corrected chi connectivity index (χ3v) is 5.79. The minimum absolute atomic E-state index is 0. The zero-order valence-corrected chi connectivity index (χ0v) is 22.8. The average molecular weight is 505 g/mol. The fourth-order valence-corrected chi connectivity index (χ4v) is 4.12. The number of nitrogens with zero attached hydrogens (tertiary/aromatic N) is 6. The Labute approximate surface area is 244 Å². The van der Waals surface area contributed by atoms with Crippen molar-refractivity contribution >= 4 is 17.6 Å². The van der Waals surface area contributed by atoms with Crippen LogP contribution in [0.1, 0.15) is 42.8 Å². The number of hydrogen-bond acceptors (Lipinski definition) is 6. The number of aliphatic carboxylic acids is 1. The minimum atomic E-state index is -0.963. The van der Waals surface area contributed by atoms with E-state index >= 15 is 0 Å². The Kier molecular flexibility index (Phi) is 9.54. The molecule has 0 aliphatic heterocycles. The predicted octanol–water partition coefficient (Wildman–Crippen LogP) is 0.526. The molecular formula is C23H22ClKN6O3. The minimum Gasteiger partial charge on any atom is -0.481 e. The van der Waals surface area contributed by atoms with Crippen LogP contribution in [0, 0.1) is 0 Å². The molecule has 0 aliphatic rings. The Morgan fingerprint density at radius 3 is 2.44 bits per heavy atom. The molecule has 0 fully saturated rings. The first-order valence-corrected chi connectivity index (χ1v) is 10.9. The Bertz CT molecular complexity index is 1240. The van der Waals surface area contributed by atoms with E-state index in [4.69, 9.17) is 11.6 Å². The summed E-state index contributed by atoms with van der Waals surface area (Å²) in [5.74, 6) is -0.961. The molecule has 170 valence electrons. The topological polar surface area (TPSA) is 128 Å². The SMILES string of the molecule is CCCC(C(=O)O)c1nc(Cl)c(CO)n1Cc1ccc(-c2ccccc2-c2nnn[n-]2)cc1.[K+]. The first-order chi connectivity index (χ1) is 16.0. The van der Waals surface area contributed by atoms with Gasteiger partial charge in [-0.1, -0.05) is 73.5 Å². The van der Waals surface area contributed by atoms with Crippen LogP contribution >= 0.6 is 11.6 Å². The molecule has 1 atom stereocenters. The second-order valence-electron chi connectivity index (χ2n) is 7.58. The van der Waals surface area contributed by atoms with Crippen molar-refractivity contribution in [3.8, 4) is 22.5 Å². The molecule has 0 radical (unpaired) electrons. The zero-order valence-electron chi connectivity index (χ0n) is 18.9. The summed E-state index contributed by atoms with van der Waals surface area (Å²) in [6, 6.07) is 15.6. The fraction of sp³-hybridized carbons (Fsp3) is 0.261. The second kappa shape index (κ2) is 12.2. The van der Waals surface area contributed by atoms with Crippen molar-refractivity contribution in [2.24, 2.45) is 0 Å². The van der Waals surface area contributed by atoms with E-state index in [1.54, 1.807) is 4.57 Å². The van der Waals surface area contributed by atoms with Gasteiger partial charge in [0.15, 0.2) is 5.15 Å². The molecule has 2 aromatic carbocycles. The Balaban J connectivity index is 0.00000324. The van der Waals surface area contributed by atoms with Crippen LogP contribution in [0.2, 0.25) is 5.15 Å². The molecule has 0 amide bonds. The van der Waals surface area contributed by atoms with E-state index in [1.807, 2.05) is 55.5 Å². The van der Waals surface area contributed by atoms with E-state index in [0.717, 1.165) is 22.3 Å². The quantitative estimate of drug-likeness (QED) is 0.316. The predicted molar refractivity (Wildman–Crippen MR) is 122 cm³/mol. The normalized spacial score (nSPS) is 11.7. The van der Waals surface area contributed by atoms with Crippen molar-refractivity contribution in [3.05, 3.63) is 70.8 Å². The fourth-order valence-electron chi connectivity index (χ4n) is 3.87. The largest absolute Gasteiger partial charge is 1.00 e. The number of aliphatic hydroxyl groups excluding tert-OH is 1. The number of carboxylic acids is 1. The standard InChI is InChI=1S/C23H23ClN6O3.K/c1-2-5-18(23(32)33)22-25-20(24)19(13-31)30(22)12-14-8-10-15(11-9-14)16-6-3-4-7-17(16)21-26-28-29-27-21;/h3-4,6-11,18,31H,2,5,12-13H2,1H3,(H2,26,27,28,29,32,33);/q;+1/p-1. The summed E-state index contributed by atoms with van der Waals surface area (Å²) in [6.45, 7) is 1.92. The van der Waals surface area contributed by atoms with Gasteiger partial charge in [-0.15, -0.1) is 0 Å². The number of rotatable bonds is 9. The van der Waals surface area contributed by atoms with Crippen molar-refractivity contribution in [1.82, 2.24) is 30.2 Å². The van der Waals surface area contributed by atoms with Crippen LogP contribution in [-0.2, 0) is 17.9 Å². The number of hydrogen-bond donors (Lipinski definition) is 2. The maximum absolute atomic E-state index is 11.9. The van der Waals surface area contributed by atoms with Crippen molar-refractivity contribution in [3.63, 3.8) is 0 Å². The third kappa shape index (κ3) is 5.65. The molecule has 0 saturated carbocycles. The van der Waals surface area contributed by atoms with Crippen LogP contribution in [0.25, 0.3) is 22.5 Å². The molecule has 0 bridgehead atoms. The van der Waals surface area contributed by atoms with Crippen molar-refractivity contribution in [1.29, 1.82) is 0 Å². The van der Waals surface area contributed by atoms with Crippen LogP contribution in [0.3, 0.4) is 0 Å². The van der Waals surface area contributed by atoms with E-state index in [-0.39, 0.29) is 63.1 Å². The Morgan fingerprint density at radius 1 is 1.15 bits per heavy atom. The molecule has 2 N–H and O–H groups in total. The van der Waals surface area contributed by atoms with Crippen LogP contribution in [0.15, 0.2) is 48.5 Å². The molecule has 11 heteroatoms. The number of imidazole rings is 1. The van der Waals surface area contributed by atoms with Gasteiger partial charge in [0.25, 0.3) is 0 Å². The summed E-state index contributed by atoms with van der Waals surface area (Å²) in [4.78, 5) is 16.1. The number of halogens is 1. The molecule has 0 saturated heterocycles. The molecule has 0 spiro atoms. The summed E-state index contributed by atoms with van der Waals surface area (Å²) >= 11 is 6.23. The molecular weight excluding hydrogens is 483 g/mol. The van der Waals surface area contributed by atoms with Gasteiger partial charge < -0.3 is 19.9 Å². The third-order valence-electron chi connectivity index (χ3n) is 5.48. The first-order valence-electron chi connectivity index (χ1n) is 10.5. The van der Waals surface area contributed by atoms with E-state index in [2.05, 4.69) is 25.6 Å². The van der Waals surface area contributed by atoms with Gasteiger partial charge in [0.1, 0.15) is 11.7 Å². The van der Waals surface area contributed by atoms with Crippen LogP contribution < -0.4 is 56.5 Å². The summed E-state index contributed by atoms with van der Waals surface area (Å²) in [7, 11) is 0. The van der Waals surface area contributed by atoms with E-state index in [0.29, 0.717) is 36.7 Å². The van der Waals surface area contributed by atoms with Crippen LogP contribution in [0.5, 0.6) is 0 Å². The van der Waals surface area contributed by atoms with Crippen molar-refractivity contribution in [2.45, 2.75) is 38.8 Å².